The Kier molecular flexibility index (Phi) is 4.34. The molecule has 9 nitrogen and oxygen atoms in total. The fourth-order valence-electron chi connectivity index (χ4n) is 3.66. The van der Waals surface area contributed by atoms with Crippen LogP contribution in [0.2, 0.25) is 0 Å². The Bertz CT molecular complexity index is 1210. The molecule has 3 aromatic heterocycles. The molecule has 0 unspecified atom stereocenters. The number of alkyl halides is 2. The first-order valence-corrected chi connectivity index (χ1v) is 10.0. The minimum absolute atomic E-state index is 0.0528. The van der Waals surface area contributed by atoms with E-state index in [2.05, 4.69) is 10.1 Å². The largest absolute Gasteiger partial charge is 0.333 e. The lowest BCUT2D eigenvalue weighted by Crippen LogP contribution is -2.32. The SMILES string of the molecule is Cc1c(S(=O)(=O)N2CC[C@@H](n3c(=O)n(C)c4cccnc43)C2)cnn1C(F)F. The Labute approximate surface area is 158 Å². The molecule has 4 heterocycles. The minimum atomic E-state index is -4.01. The maximum atomic E-state index is 12.9. The number of halogens is 2. The van der Waals surface area contributed by atoms with Crippen LogP contribution < -0.4 is 5.69 Å². The van der Waals surface area contributed by atoms with E-state index in [0.29, 0.717) is 22.3 Å². The van der Waals surface area contributed by atoms with Gasteiger partial charge in [-0.1, -0.05) is 0 Å². The summed E-state index contributed by atoms with van der Waals surface area (Å²) >= 11 is 0. The molecule has 1 atom stereocenters. The number of sulfonamides is 1. The van der Waals surface area contributed by atoms with Crippen LogP contribution in [0.25, 0.3) is 11.2 Å². The summed E-state index contributed by atoms with van der Waals surface area (Å²) in [5.74, 6) is 0. The average Bonchev–Trinajstić information content (AvgIpc) is 3.34. The smallest absolute Gasteiger partial charge is 0.293 e. The van der Waals surface area contributed by atoms with E-state index in [4.69, 9.17) is 0 Å². The van der Waals surface area contributed by atoms with E-state index in [1.807, 2.05) is 0 Å². The zero-order chi connectivity index (χ0) is 20.2. The van der Waals surface area contributed by atoms with Gasteiger partial charge in [-0.3, -0.25) is 9.13 Å². The second-order valence-electron chi connectivity index (χ2n) is 6.68. The standard InChI is InChI=1S/C16H18F2N6O3S/c1-10-13(8-20-24(10)15(17)18)28(26,27)22-7-5-11(9-22)23-14-12(4-3-6-19-14)21(2)16(23)25/h3-4,6,8,11,15H,5,7,9H2,1-2H3/t11-/m1/s1. The van der Waals surface area contributed by atoms with Gasteiger partial charge in [0.1, 0.15) is 4.90 Å². The number of pyridine rings is 1. The normalized spacial score (nSPS) is 18.5. The predicted octanol–water partition coefficient (Wildman–Crippen LogP) is 1.27. The molecule has 0 N–H and O–H groups in total. The van der Waals surface area contributed by atoms with Crippen LogP contribution in [0.15, 0.2) is 34.2 Å². The van der Waals surface area contributed by atoms with Crippen LogP contribution in [-0.2, 0) is 17.1 Å². The molecular weight excluding hydrogens is 394 g/mol. The average molecular weight is 412 g/mol. The second-order valence-corrected chi connectivity index (χ2v) is 8.59. The van der Waals surface area contributed by atoms with Crippen LogP contribution in [-0.4, -0.2) is 49.7 Å². The number of hydrogen-bond acceptors (Lipinski definition) is 5. The Morgan fingerprint density at radius 2 is 2.07 bits per heavy atom. The molecular formula is C16H18F2N6O3S. The van der Waals surface area contributed by atoms with E-state index >= 15 is 0 Å². The molecule has 1 aliphatic rings. The van der Waals surface area contributed by atoms with Gasteiger partial charge in [0.15, 0.2) is 5.65 Å². The molecule has 28 heavy (non-hydrogen) atoms. The molecule has 0 saturated carbocycles. The van der Waals surface area contributed by atoms with Crippen LogP contribution in [0.4, 0.5) is 8.78 Å². The fraction of sp³-hybridized carbons (Fsp3) is 0.438. The van der Waals surface area contributed by atoms with Crippen LogP contribution in [0.1, 0.15) is 24.7 Å². The van der Waals surface area contributed by atoms with Gasteiger partial charge < -0.3 is 0 Å². The molecule has 150 valence electrons. The van der Waals surface area contributed by atoms with Crippen molar-refractivity contribution in [2.75, 3.05) is 13.1 Å². The third kappa shape index (κ3) is 2.66. The number of aromatic nitrogens is 5. The summed E-state index contributed by atoms with van der Waals surface area (Å²) in [5, 5.41) is 3.48. The summed E-state index contributed by atoms with van der Waals surface area (Å²) in [5.41, 5.74) is 0.742. The van der Waals surface area contributed by atoms with Crippen LogP contribution >= 0.6 is 0 Å². The maximum absolute atomic E-state index is 12.9. The highest BCUT2D eigenvalue weighted by Crippen LogP contribution is 2.30. The molecule has 0 radical (unpaired) electrons. The molecule has 1 aliphatic heterocycles. The molecule has 0 aromatic carbocycles. The first kappa shape index (κ1) is 18.7. The van der Waals surface area contributed by atoms with Gasteiger partial charge in [-0.25, -0.2) is 22.9 Å². The third-order valence-electron chi connectivity index (χ3n) is 5.14. The molecule has 1 fully saturated rings. The topological polar surface area (TPSA) is 95.0 Å². The number of aryl methyl sites for hydroxylation is 1. The van der Waals surface area contributed by atoms with Crippen molar-refractivity contribution in [2.24, 2.45) is 7.05 Å². The van der Waals surface area contributed by atoms with E-state index in [0.717, 1.165) is 6.20 Å². The number of nitrogens with zero attached hydrogens (tertiary/aromatic N) is 6. The monoisotopic (exact) mass is 412 g/mol. The number of fused-ring (bicyclic) bond motifs is 1. The Morgan fingerprint density at radius 3 is 2.75 bits per heavy atom. The summed E-state index contributed by atoms with van der Waals surface area (Å²) in [7, 11) is -2.37. The van der Waals surface area contributed by atoms with Crippen molar-refractivity contribution in [2.45, 2.75) is 30.8 Å². The van der Waals surface area contributed by atoms with Crippen molar-refractivity contribution in [1.29, 1.82) is 0 Å². The highest BCUT2D eigenvalue weighted by molar-refractivity contribution is 7.89. The van der Waals surface area contributed by atoms with Crippen LogP contribution in [0, 0.1) is 6.92 Å². The van der Waals surface area contributed by atoms with Gasteiger partial charge in [-0.15, -0.1) is 0 Å². The number of hydrogen-bond donors (Lipinski definition) is 0. The van der Waals surface area contributed by atoms with Crippen molar-refractivity contribution in [3.63, 3.8) is 0 Å². The Hall–Kier alpha value is -2.60. The zero-order valence-corrected chi connectivity index (χ0v) is 16.0. The predicted molar refractivity (Wildman–Crippen MR) is 95.6 cm³/mol. The van der Waals surface area contributed by atoms with Crippen molar-refractivity contribution >= 4 is 21.2 Å². The quantitative estimate of drug-likeness (QED) is 0.643. The summed E-state index contributed by atoms with van der Waals surface area (Å²) in [6, 6.07) is 3.10. The van der Waals surface area contributed by atoms with E-state index in [9.17, 15) is 22.0 Å². The third-order valence-corrected chi connectivity index (χ3v) is 7.11. The molecule has 0 bridgehead atoms. The van der Waals surface area contributed by atoms with Gasteiger partial charge in [0, 0.05) is 26.3 Å². The van der Waals surface area contributed by atoms with E-state index in [1.165, 1.54) is 20.4 Å². The van der Waals surface area contributed by atoms with Crippen LogP contribution in [0.3, 0.4) is 0 Å². The van der Waals surface area contributed by atoms with Crippen LogP contribution in [0.5, 0.6) is 0 Å². The summed E-state index contributed by atoms with van der Waals surface area (Å²) < 4.78 is 56.3. The molecule has 0 aliphatic carbocycles. The van der Waals surface area contributed by atoms with Gasteiger partial charge in [0.25, 0.3) is 0 Å². The number of rotatable bonds is 4. The van der Waals surface area contributed by atoms with Gasteiger partial charge in [0.05, 0.1) is 23.4 Å². The molecule has 0 amide bonds. The fourth-order valence-corrected chi connectivity index (χ4v) is 5.30. The van der Waals surface area contributed by atoms with Gasteiger partial charge in [-0.2, -0.15) is 18.2 Å². The highest BCUT2D eigenvalue weighted by atomic mass is 32.2. The first-order chi connectivity index (χ1) is 13.2. The summed E-state index contributed by atoms with van der Waals surface area (Å²) in [6.07, 6.45) is 2.93. The van der Waals surface area contributed by atoms with Gasteiger partial charge in [0.2, 0.25) is 10.0 Å². The van der Waals surface area contributed by atoms with E-state index in [1.54, 1.807) is 25.4 Å². The van der Waals surface area contributed by atoms with Crippen molar-refractivity contribution in [3.8, 4) is 0 Å². The van der Waals surface area contributed by atoms with Crippen molar-refractivity contribution < 1.29 is 17.2 Å². The van der Waals surface area contributed by atoms with Crippen molar-refractivity contribution in [3.05, 3.63) is 40.7 Å². The Morgan fingerprint density at radius 1 is 1.32 bits per heavy atom. The molecule has 1 saturated heterocycles. The summed E-state index contributed by atoms with van der Waals surface area (Å²) in [4.78, 5) is 16.7. The second kappa shape index (κ2) is 6.48. The first-order valence-electron chi connectivity index (χ1n) is 8.58. The van der Waals surface area contributed by atoms with Gasteiger partial charge in [-0.05, 0) is 25.5 Å². The number of imidazole rings is 1. The highest BCUT2D eigenvalue weighted by Gasteiger charge is 2.37. The minimum Gasteiger partial charge on any atom is -0.293 e. The molecule has 4 rings (SSSR count). The lowest BCUT2D eigenvalue weighted by molar-refractivity contribution is 0.0541. The Balaban J connectivity index is 1.69. The molecule has 0 spiro atoms. The molecule has 3 aromatic rings. The van der Waals surface area contributed by atoms with E-state index in [-0.39, 0.29) is 29.4 Å². The van der Waals surface area contributed by atoms with Crippen molar-refractivity contribution in [1.82, 2.24) is 28.2 Å². The zero-order valence-electron chi connectivity index (χ0n) is 15.2. The lowest BCUT2D eigenvalue weighted by atomic mass is 10.2. The van der Waals surface area contributed by atoms with Gasteiger partial charge >= 0.3 is 12.2 Å². The maximum Gasteiger partial charge on any atom is 0.333 e. The molecule has 12 heteroatoms. The lowest BCUT2D eigenvalue weighted by Gasteiger charge is -2.17. The summed E-state index contributed by atoms with van der Waals surface area (Å²) in [6.45, 7) is -1.41. The van der Waals surface area contributed by atoms with E-state index < -0.39 is 22.6 Å².